The first kappa shape index (κ1) is 24.5. The van der Waals surface area contributed by atoms with Crippen molar-refractivity contribution in [3.63, 3.8) is 0 Å². The van der Waals surface area contributed by atoms with Gasteiger partial charge in [-0.15, -0.1) is 0 Å². The summed E-state index contributed by atoms with van der Waals surface area (Å²) in [6.07, 6.45) is -2.94. The van der Waals surface area contributed by atoms with E-state index in [1.807, 2.05) is 32.0 Å². The van der Waals surface area contributed by atoms with Crippen molar-refractivity contribution in [2.75, 3.05) is 26.3 Å². The number of hydrogen-bond acceptors (Lipinski definition) is 4. The zero-order chi connectivity index (χ0) is 24.3. The van der Waals surface area contributed by atoms with Crippen molar-refractivity contribution in [3.05, 3.63) is 65.2 Å². The number of benzene rings is 2. The van der Waals surface area contributed by atoms with Crippen LogP contribution in [0.4, 0.5) is 13.2 Å². The van der Waals surface area contributed by atoms with Crippen LogP contribution in [-0.2, 0) is 15.7 Å². The summed E-state index contributed by atoms with van der Waals surface area (Å²) in [4.78, 5) is 15.8. The third-order valence-corrected chi connectivity index (χ3v) is 6.85. The molecule has 1 N–H and O–H groups in total. The number of nitrogens with zero attached hydrogens (tertiary/aromatic N) is 1. The van der Waals surface area contributed by atoms with Crippen molar-refractivity contribution in [2.24, 2.45) is 0 Å². The van der Waals surface area contributed by atoms with Crippen LogP contribution in [0, 0.1) is 6.92 Å². The number of carbonyl (C=O) groups excluding carboxylic acids is 1. The molecule has 2 heterocycles. The number of amides is 1. The van der Waals surface area contributed by atoms with E-state index in [2.05, 4.69) is 16.3 Å². The number of ether oxygens (including phenoxy) is 2. The Balaban J connectivity index is 1.46. The lowest BCUT2D eigenvalue weighted by molar-refractivity contribution is -0.141. The minimum atomic E-state index is -4.42. The summed E-state index contributed by atoms with van der Waals surface area (Å²) >= 11 is 0. The summed E-state index contributed by atoms with van der Waals surface area (Å²) < 4.78 is 50.6. The van der Waals surface area contributed by atoms with E-state index in [1.54, 1.807) is 6.07 Å². The van der Waals surface area contributed by atoms with Gasteiger partial charge in [0.2, 0.25) is 5.91 Å². The Hall–Kier alpha value is -2.58. The fourth-order valence-electron chi connectivity index (χ4n) is 4.90. The van der Waals surface area contributed by atoms with Crippen LogP contribution in [0.2, 0.25) is 0 Å². The lowest BCUT2D eigenvalue weighted by atomic mass is 9.86. The van der Waals surface area contributed by atoms with Gasteiger partial charge in [0, 0.05) is 26.3 Å². The molecule has 2 saturated heterocycles. The van der Waals surface area contributed by atoms with Crippen molar-refractivity contribution in [3.8, 4) is 5.75 Å². The molecule has 2 aromatic rings. The number of halogens is 3. The molecule has 1 amide bonds. The average molecular weight is 477 g/mol. The van der Waals surface area contributed by atoms with Crippen molar-refractivity contribution in [1.29, 1.82) is 0 Å². The Bertz CT molecular complexity index is 1000. The maximum atomic E-state index is 13.6. The molecule has 8 heteroatoms. The molecule has 2 aliphatic rings. The van der Waals surface area contributed by atoms with Crippen LogP contribution in [0.3, 0.4) is 0 Å². The fourth-order valence-corrected chi connectivity index (χ4v) is 4.90. The third kappa shape index (κ3) is 5.39. The molecule has 0 aliphatic carbocycles. The molecular formula is C26H31F3N2O3. The van der Waals surface area contributed by atoms with Gasteiger partial charge in [0.15, 0.2) is 0 Å². The molecule has 1 unspecified atom stereocenters. The molecular weight excluding hydrogens is 445 g/mol. The maximum Gasteiger partial charge on any atom is 0.416 e. The predicted octanol–water partition coefficient (Wildman–Crippen LogP) is 4.89. The van der Waals surface area contributed by atoms with Crippen molar-refractivity contribution in [2.45, 2.75) is 57.0 Å². The van der Waals surface area contributed by atoms with Gasteiger partial charge in [0.05, 0.1) is 11.6 Å². The fraction of sp³-hybridized carbons (Fsp3) is 0.500. The molecule has 34 heavy (non-hydrogen) atoms. The second-order valence-electron chi connectivity index (χ2n) is 9.25. The molecule has 0 bridgehead atoms. The third-order valence-electron chi connectivity index (χ3n) is 6.85. The van der Waals surface area contributed by atoms with E-state index in [-0.39, 0.29) is 23.8 Å². The van der Waals surface area contributed by atoms with Crippen LogP contribution >= 0.6 is 0 Å². The van der Waals surface area contributed by atoms with Crippen molar-refractivity contribution < 1.29 is 27.4 Å². The van der Waals surface area contributed by atoms with Crippen LogP contribution in [0.1, 0.15) is 48.9 Å². The maximum absolute atomic E-state index is 13.6. The van der Waals surface area contributed by atoms with Gasteiger partial charge in [-0.1, -0.05) is 35.9 Å². The van der Waals surface area contributed by atoms with Gasteiger partial charge >= 0.3 is 6.18 Å². The van der Waals surface area contributed by atoms with Gasteiger partial charge in [-0.2, -0.15) is 13.2 Å². The Kier molecular flexibility index (Phi) is 7.19. The smallest absolute Gasteiger partial charge is 0.416 e. The van der Waals surface area contributed by atoms with Gasteiger partial charge in [-0.3, -0.25) is 9.69 Å². The number of hydrogen-bond donors (Lipinski definition) is 1. The second kappa shape index (κ2) is 9.96. The number of likely N-dealkylation sites (tertiary alicyclic amines) is 1. The van der Waals surface area contributed by atoms with E-state index in [1.165, 1.54) is 6.07 Å². The van der Waals surface area contributed by atoms with E-state index >= 15 is 0 Å². The Labute approximate surface area is 198 Å². The van der Waals surface area contributed by atoms with Gasteiger partial charge in [-0.05, 0) is 56.9 Å². The lowest BCUT2D eigenvalue weighted by Gasteiger charge is -2.43. The van der Waals surface area contributed by atoms with E-state index in [0.717, 1.165) is 23.3 Å². The van der Waals surface area contributed by atoms with Gasteiger partial charge < -0.3 is 14.8 Å². The molecule has 2 aliphatic heterocycles. The predicted molar refractivity (Wildman–Crippen MR) is 123 cm³/mol. The van der Waals surface area contributed by atoms with Gasteiger partial charge in [0.1, 0.15) is 17.4 Å². The summed E-state index contributed by atoms with van der Waals surface area (Å²) in [5, 5.41) is 3.20. The summed E-state index contributed by atoms with van der Waals surface area (Å²) in [6, 6.07) is 12.9. The average Bonchev–Trinajstić information content (AvgIpc) is 3.28. The quantitative estimate of drug-likeness (QED) is 0.645. The first-order valence-corrected chi connectivity index (χ1v) is 11.7. The molecule has 0 saturated carbocycles. The summed E-state index contributed by atoms with van der Waals surface area (Å²) in [5.41, 5.74) is 0.726. The molecule has 0 aromatic heterocycles. The number of carbonyl (C=O) groups is 1. The number of rotatable bonds is 6. The summed E-state index contributed by atoms with van der Waals surface area (Å²) in [6.45, 7) is 6.08. The highest BCUT2D eigenvalue weighted by molar-refractivity contribution is 5.87. The van der Waals surface area contributed by atoms with E-state index in [9.17, 15) is 18.0 Å². The topological polar surface area (TPSA) is 50.8 Å². The van der Waals surface area contributed by atoms with Crippen LogP contribution in [-0.4, -0.2) is 48.8 Å². The molecule has 2 atom stereocenters. The van der Waals surface area contributed by atoms with E-state index in [0.29, 0.717) is 45.6 Å². The lowest BCUT2D eigenvalue weighted by Crippen LogP contribution is -2.61. The Morgan fingerprint density at radius 2 is 1.91 bits per heavy atom. The number of alkyl halides is 3. The van der Waals surface area contributed by atoms with Gasteiger partial charge in [0.25, 0.3) is 0 Å². The Morgan fingerprint density at radius 1 is 1.18 bits per heavy atom. The molecule has 4 rings (SSSR count). The standard InChI is InChI=1S/C26H31F3N2O3/c1-18-5-3-6-20(15-18)19(2)30-24(32)25(10-13-33-14-11-25)31-12-9-23(17-31)34-22-8-4-7-21(16-22)26(27,28)29/h3-8,15-16,19,23H,9-14,17H2,1-2H3,(H,30,32)/t19-,23?/m0/s1. The largest absolute Gasteiger partial charge is 0.489 e. The SMILES string of the molecule is Cc1cccc([C@H](C)NC(=O)C2(N3CCC(Oc4cccc(C(F)(F)F)c4)C3)CCOCC2)c1. The zero-order valence-electron chi connectivity index (χ0n) is 19.5. The minimum Gasteiger partial charge on any atom is -0.489 e. The van der Waals surface area contributed by atoms with Crippen molar-refractivity contribution in [1.82, 2.24) is 10.2 Å². The highest BCUT2D eigenvalue weighted by Crippen LogP contribution is 2.35. The Morgan fingerprint density at radius 3 is 2.62 bits per heavy atom. The highest BCUT2D eigenvalue weighted by Gasteiger charge is 2.48. The molecule has 2 fully saturated rings. The molecule has 0 radical (unpaired) electrons. The zero-order valence-corrected chi connectivity index (χ0v) is 19.5. The van der Waals surface area contributed by atoms with Crippen LogP contribution in [0.25, 0.3) is 0 Å². The molecule has 0 spiro atoms. The highest BCUT2D eigenvalue weighted by atomic mass is 19.4. The molecule has 2 aromatic carbocycles. The minimum absolute atomic E-state index is 0.0375. The van der Waals surface area contributed by atoms with Crippen LogP contribution < -0.4 is 10.1 Å². The monoisotopic (exact) mass is 476 g/mol. The number of aryl methyl sites for hydroxylation is 1. The molecule has 184 valence electrons. The van der Waals surface area contributed by atoms with E-state index < -0.39 is 17.3 Å². The summed E-state index contributed by atoms with van der Waals surface area (Å²) in [7, 11) is 0. The first-order valence-electron chi connectivity index (χ1n) is 11.7. The number of nitrogens with one attached hydrogen (secondary N) is 1. The summed E-state index contributed by atoms with van der Waals surface area (Å²) in [5.74, 6) is 0.157. The van der Waals surface area contributed by atoms with Crippen molar-refractivity contribution >= 4 is 5.91 Å². The molecule has 5 nitrogen and oxygen atoms in total. The van der Waals surface area contributed by atoms with Crippen LogP contribution in [0.5, 0.6) is 5.75 Å². The van der Waals surface area contributed by atoms with Gasteiger partial charge in [-0.25, -0.2) is 0 Å². The van der Waals surface area contributed by atoms with E-state index in [4.69, 9.17) is 9.47 Å². The van der Waals surface area contributed by atoms with Crippen LogP contribution in [0.15, 0.2) is 48.5 Å². The first-order chi connectivity index (χ1) is 16.2. The second-order valence-corrected chi connectivity index (χ2v) is 9.25. The normalized spacial score (nSPS) is 21.7.